The van der Waals surface area contributed by atoms with Crippen LogP contribution in [0.15, 0.2) is 0 Å². The predicted octanol–water partition coefficient (Wildman–Crippen LogP) is 6.17. The van der Waals surface area contributed by atoms with Crippen molar-refractivity contribution in [3.63, 3.8) is 0 Å². The Kier molecular flexibility index (Phi) is 16.5. The van der Waals surface area contributed by atoms with E-state index in [0.29, 0.717) is 6.42 Å². The van der Waals surface area contributed by atoms with Crippen molar-refractivity contribution in [2.45, 2.75) is 104 Å². The predicted molar refractivity (Wildman–Crippen MR) is 93.4 cm³/mol. The van der Waals surface area contributed by atoms with E-state index in [0.717, 1.165) is 19.3 Å². The maximum absolute atomic E-state index is 11.3. The molecule has 0 bridgehead atoms. The number of rotatable bonds is 15. The van der Waals surface area contributed by atoms with E-state index in [1.165, 1.54) is 64.2 Å². The minimum absolute atomic E-state index is 0.227. The molecule has 0 radical (unpaired) electrons. The van der Waals surface area contributed by atoms with Gasteiger partial charge in [0.15, 0.2) is 0 Å². The third-order valence-electron chi connectivity index (χ3n) is 3.94. The highest BCUT2D eigenvalue weighted by Gasteiger charge is 2.10. The molecular weight excluding hydrogens is 292 g/mol. The van der Waals surface area contributed by atoms with Crippen LogP contribution in [-0.4, -0.2) is 18.7 Å². The molecule has 23 heavy (non-hydrogen) atoms. The van der Waals surface area contributed by atoms with Crippen LogP contribution in [0.5, 0.6) is 0 Å². The molecule has 0 aliphatic carbocycles. The summed E-state index contributed by atoms with van der Waals surface area (Å²) in [7, 11) is 0. The van der Waals surface area contributed by atoms with Gasteiger partial charge in [0.05, 0.1) is 6.61 Å². The fourth-order valence-corrected chi connectivity index (χ4v) is 2.58. The summed E-state index contributed by atoms with van der Waals surface area (Å²) in [5, 5.41) is 0. The molecule has 0 aromatic rings. The van der Waals surface area contributed by atoms with Crippen LogP contribution in [0.1, 0.15) is 104 Å². The van der Waals surface area contributed by atoms with Gasteiger partial charge in [-0.3, -0.25) is 4.79 Å². The second kappa shape index (κ2) is 17.3. The van der Waals surface area contributed by atoms with Gasteiger partial charge in [0.25, 0.3) is 0 Å². The van der Waals surface area contributed by atoms with Crippen molar-refractivity contribution in [3.05, 3.63) is 0 Å². The highest BCUT2D eigenvalue weighted by Crippen LogP contribution is 2.13. The Morgan fingerprint density at radius 3 is 1.52 bits per heavy atom. The van der Waals surface area contributed by atoms with Crippen LogP contribution in [-0.2, 0) is 14.3 Å². The number of esters is 1. The summed E-state index contributed by atoms with van der Waals surface area (Å²) in [6.45, 7) is 4.16. The lowest BCUT2D eigenvalue weighted by Gasteiger charge is -2.04. The van der Waals surface area contributed by atoms with Crippen molar-refractivity contribution in [1.82, 2.24) is 0 Å². The summed E-state index contributed by atoms with van der Waals surface area (Å²) in [5.74, 6) is -0.480. The minimum atomic E-state index is -0.882. The summed E-state index contributed by atoms with van der Waals surface area (Å²) >= 11 is 0. The Balaban J connectivity index is 3.18. The number of hydrogen-bond acceptors (Lipinski definition) is 4. The second-order valence-electron chi connectivity index (χ2n) is 6.15. The van der Waals surface area contributed by atoms with Gasteiger partial charge < -0.3 is 9.47 Å². The van der Waals surface area contributed by atoms with Crippen molar-refractivity contribution < 1.29 is 19.1 Å². The van der Waals surface area contributed by atoms with Crippen molar-refractivity contribution in [3.8, 4) is 0 Å². The first-order valence-electron chi connectivity index (χ1n) is 9.58. The third kappa shape index (κ3) is 17.1. The Hall–Kier alpha value is -1.06. The van der Waals surface area contributed by atoms with Crippen LogP contribution in [0.2, 0.25) is 0 Å². The zero-order valence-electron chi connectivity index (χ0n) is 15.2. The zero-order valence-corrected chi connectivity index (χ0v) is 15.2. The topological polar surface area (TPSA) is 52.6 Å². The van der Waals surface area contributed by atoms with Crippen LogP contribution in [0.4, 0.5) is 4.79 Å². The smallest absolute Gasteiger partial charge is 0.434 e. The van der Waals surface area contributed by atoms with Crippen LogP contribution in [0, 0.1) is 0 Å². The van der Waals surface area contributed by atoms with E-state index in [1.807, 2.05) is 0 Å². The normalized spacial score (nSPS) is 10.5. The maximum Gasteiger partial charge on any atom is 0.516 e. The first-order chi connectivity index (χ1) is 11.2. The molecule has 0 saturated carbocycles. The molecule has 0 aliphatic heterocycles. The molecule has 0 atom stereocenters. The lowest BCUT2D eigenvalue weighted by Crippen LogP contribution is -2.13. The summed E-state index contributed by atoms with van der Waals surface area (Å²) in [5.41, 5.74) is 0. The quantitative estimate of drug-likeness (QED) is 0.205. The lowest BCUT2D eigenvalue weighted by atomic mass is 10.0. The molecular formula is C19H36O4. The van der Waals surface area contributed by atoms with E-state index in [2.05, 4.69) is 16.4 Å². The van der Waals surface area contributed by atoms with Gasteiger partial charge >= 0.3 is 12.1 Å². The maximum atomic E-state index is 11.3. The monoisotopic (exact) mass is 328 g/mol. The molecule has 4 heteroatoms. The molecule has 136 valence electrons. The number of carbonyl (C=O) groups excluding carboxylic acids is 2. The van der Waals surface area contributed by atoms with Gasteiger partial charge in [-0.05, 0) is 13.3 Å². The molecule has 0 spiro atoms. The number of unbranched alkanes of at least 4 members (excludes halogenated alkanes) is 12. The molecule has 4 nitrogen and oxygen atoms in total. The van der Waals surface area contributed by atoms with Gasteiger partial charge in [-0.1, -0.05) is 84.0 Å². The van der Waals surface area contributed by atoms with Crippen molar-refractivity contribution in [2.75, 3.05) is 6.61 Å². The highest BCUT2D eigenvalue weighted by atomic mass is 16.7. The first-order valence-corrected chi connectivity index (χ1v) is 9.58. The van der Waals surface area contributed by atoms with Crippen LogP contribution in [0.25, 0.3) is 0 Å². The van der Waals surface area contributed by atoms with Crippen molar-refractivity contribution in [1.29, 1.82) is 0 Å². The SMILES string of the molecule is CCCCCCCCCCCCCCCC(=O)OC(=O)OCC. The minimum Gasteiger partial charge on any atom is -0.434 e. The standard InChI is InChI=1S/C19H36O4/c1-3-5-6-7-8-9-10-11-12-13-14-15-16-17-18(20)23-19(21)22-4-2/h3-17H2,1-2H3. The number of carbonyl (C=O) groups is 2. The molecule has 0 rings (SSSR count). The summed E-state index contributed by atoms with van der Waals surface area (Å²) in [6, 6.07) is 0. The van der Waals surface area contributed by atoms with Gasteiger partial charge in [-0.2, -0.15) is 0 Å². The largest absolute Gasteiger partial charge is 0.516 e. The van der Waals surface area contributed by atoms with Crippen molar-refractivity contribution in [2.24, 2.45) is 0 Å². The summed E-state index contributed by atoms with van der Waals surface area (Å²) in [6.07, 6.45) is 15.9. The molecule has 0 aromatic heterocycles. The van der Waals surface area contributed by atoms with Crippen LogP contribution in [0.3, 0.4) is 0 Å². The molecule has 0 amide bonds. The second-order valence-corrected chi connectivity index (χ2v) is 6.15. The van der Waals surface area contributed by atoms with Gasteiger partial charge in [0.1, 0.15) is 0 Å². The first kappa shape index (κ1) is 21.9. The highest BCUT2D eigenvalue weighted by molar-refractivity contribution is 5.81. The summed E-state index contributed by atoms with van der Waals surface area (Å²) in [4.78, 5) is 22.2. The number of hydrogen-bond donors (Lipinski definition) is 0. The average Bonchev–Trinajstić information content (AvgIpc) is 2.52. The molecule has 0 unspecified atom stereocenters. The Morgan fingerprint density at radius 1 is 0.652 bits per heavy atom. The van der Waals surface area contributed by atoms with E-state index >= 15 is 0 Å². The van der Waals surface area contributed by atoms with E-state index in [-0.39, 0.29) is 6.61 Å². The fourth-order valence-electron chi connectivity index (χ4n) is 2.58. The Morgan fingerprint density at radius 2 is 1.09 bits per heavy atom. The molecule has 0 aromatic carbocycles. The van der Waals surface area contributed by atoms with Gasteiger partial charge in [-0.25, -0.2) is 4.79 Å². The van der Waals surface area contributed by atoms with Gasteiger partial charge in [0, 0.05) is 6.42 Å². The third-order valence-corrected chi connectivity index (χ3v) is 3.94. The molecule has 0 saturated heterocycles. The van der Waals surface area contributed by atoms with E-state index in [1.54, 1.807) is 6.92 Å². The molecule has 0 heterocycles. The lowest BCUT2D eigenvalue weighted by molar-refractivity contribution is -0.139. The fraction of sp³-hybridized carbons (Fsp3) is 0.895. The number of ether oxygens (including phenoxy) is 2. The van der Waals surface area contributed by atoms with Crippen LogP contribution >= 0.6 is 0 Å². The summed E-state index contributed by atoms with van der Waals surface area (Å²) < 4.78 is 9.05. The molecule has 0 N–H and O–H groups in total. The zero-order chi connectivity index (χ0) is 17.2. The Labute approximate surface area is 142 Å². The van der Waals surface area contributed by atoms with E-state index < -0.39 is 12.1 Å². The molecule has 0 fully saturated rings. The Bertz CT molecular complexity index is 289. The van der Waals surface area contributed by atoms with E-state index in [9.17, 15) is 9.59 Å². The van der Waals surface area contributed by atoms with Gasteiger partial charge in [0.2, 0.25) is 0 Å². The average molecular weight is 328 g/mol. The van der Waals surface area contributed by atoms with E-state index in [4.69, 9.17) is 0 Å². The van der Waals surface area contributed by atoms with Crippen LogP contribution < -0.4 is 0 Å². The van der Waals surface area contributed by atoms with Gasteiger partial charge in [-0.15, -0.1) is 0 Å². The van der Waals surface area contributed by atoms with Crippen molar-refractivity contribution >= 4 is 12.1 Å². The molecule has 0 aliphatic rings.